The van der Waals surface area contributed by atoms with E-state index in [1.165, 1.54) is 11.4 Å². The first kappa shape index (κ1) is 34.2. The highest BCUT2D eigenvalue weighted by Gasteiger charge is 2.31. The van der Waals surface area contributed by atoms with Gasteiger partial charge in [0.05, 0.1) is 29.1 Å². The van der Waals surface area contributed by atoms with Crippen molar-refractivity contribution in [3.8, 4) is 5.75 Å². The minimum atomic E-state index is -3.62. The zero-order valence-corrected chi connectivity index (χ0v) is 27.3. The number of carbonyl (C=O) groups is 2. The summed E-state index contributed by atoms with van der Waals surface area (Å²) in [4.78, 5) is 29.2. The molecule has 0 fully saturated rings. The number of benzene rings is 3. The van der Waals surface area contributed by atoms with E-state index in [1.807, 2.05) is 44.2 Å². The van der Waals surface area contributed by atoms with Crippen LogP contribution in [0.5, 0.6) is 5.75 Å². The molecule has 0 aliphatic carbocycles. The molecule has 2 unspecified atom stereocenters. The van der Waals surface area contributed by atoms with E-state index in [0.717, 1.165) is 18.2 Å². The maximum Gasteiger partial charge on any atom is 0.243 e. The van der Waals surface area contributed by atoms with Crippen LogP contribution in [0.1, 0.15) is 44.2 Å². The molecule has 0 saturated heterocycles. The van der Waals surface area contributed by atoms with Gasteiger partial charge in [0.25, 0.3) is 0 Å². The molecule has 1 N–H and O–H groups in total. The molecule has 0 spiro atoms. The van der Waals surface area contributed by atoms with Gasteiger partial charge in [-0.15, -0.1) is 0 Å². The highest BCUT2D eigenvalue weighted by Crippen LogP contribution is 2.26. The van der Waals surface area contributed by atoms with Crippen LogP contribution in [0, 0.1) is 0 Å². The highest BCUT2D eigenvalue weighted by molar-refractivity contribution is 7.92. The number of nitrogens with one attached hydrogen (secondary N) is 1. The summed E-state index contributed by atoms with van der Waals surface area (Å²) < 4.78 is 31.8. The van der Waals surface area contributed by atoms with E-state index in [1.54, 1.807) is 47.4 Å². The van der Waals surface area contributed by atoms with Crippen molar-refractivity contribution < 1.29 is 22.7 Å². The Bertz CT molecular complexity index is 1470. The number of ether oxygens (including phenoxy) is 1. The predicted molar refractivity (Wildman–Crippen MR) is 173 cm³/mol. The normalized spacial score (nSPS) is 12.7. The lowest BCUT2D eigenvalue weighted by molar-refractivity contribution is -0.141. The Morgan fingerprint density at radius 3 is 2.21 bits per heavy atom. The molecule has 11 heteroatoms. The molecule has 0 aromatic heterocycles. The van der Waals surface area contributed by atoms with Crippen molar-refractivity contribution in [2.75, 3.05) is 24.2 Å². The van der Waals surface area contributed by atoms with Crippen LogP contribution < -0.4 is 14.4 Å². The Morgan fingerprint density at radius 2 is 1.63 bits per heavy atom. The average molecular weight is 649 g/mol. The van der Waals surface area contributed by atoms with Gasteiger partial charge < -0.3 is 15.0 Å². The molecule has 0 radical (unpaired) electrons. The standard InChI is InChI=1S/C32H39Cl2N3O5S/c1-5-23(2)35-32(39)30(21-24-10-7-6-8-11-24)36(22-25-13-18-28(33)29(34)20-25)31(38)12-9-19-37(43(4,40)41)26-14-16-27(42-3)17-15-26/h6-8,10-11,13-18,20,23,30H,5,9,12,19,21-22H2,1-4H3,(H,35,39). The van der Waals surface area contributed by atoms with Crippen molar-refractivity contribution in [3.05, 3.63) is 94.0 Å². The monoisotopic (exact) mass is 647 g/mol. The van der Waals surface area contributed by atoms with E-state index < -0.39 is 16.1 Å². The first-order valence-electron chi connectivity index (χ1n) is 14.1. The number of rotatable bonds is 15. The molecule has 0 bridgehead atoms. The third kappa shape index (κ3) is 10.2. The molecule has 232 valence electrons. The molecule has 3 rings (SSSR count). The minimum absolute atomic E-state index is 0.0192. The molecule has 0 aliphatic heterocycles. The Kier molecular flexibility index (Phi) is 12.7. The minimum Gasteiger partial charge on any atom is -0.497 e. The lowest BCUT2D eigenvalue weighted by atomic mass is 10.0. The van der Waals surface area contributed by atoms with Crippen LogP contribution in [-0.2, 0) is 32.6 Å². The maximum absolute atomic E-state index is 13.9. The van der Waals surface area contributed by atoms with Crippen molar-refractivity contribution in [2.24, 2.45) is 0 Å². The Hall–Kier alpha value is -3.27. The van der Waals surface area contributed by atoms with Crippen molar-refractivity contribution in [2.45, 2.75) is 58.2 Å². The Morgan fingerprint density at radius 1 is 0.953 bits per heavy atom. The van der Waals surface area contributed by atoms with E-state index in [-0.39, 0.29) is 43.8 Å². The number of anilines is 1. The number of hydrogen-bond acceptors (Lipinski definition) is 5. The van der Waals surface area contributed by atoms with E-state index in [9.17, 15) is 18.0 Å². The molecular weight excluding hydrogens is 609 g/mol. The van der Waals surface area contributed by atoms with Gasteiger partial charge in [0.15, 0.2) is 0 Å². The lowest BCUT2D eigenvalue weighted by Gasteiger charge is -2.33. The third-order valence-electron chi connectivity index (χ3n) is 7.12. The van der Waals surface area contributed by atoms with Crippen LogP contribution in [-0.4, -0.2) is 57.1 Å². The highest BCUT2D eigenvalue weighted by atomic mass is 35.5. The third-order valence-corrected chi connectivity index (χ3v) is 9.05. The molecule has 2 atom stereocenters. The fourth-order valence-corrected chi connectivity index (χ4v) is 5.87. The largest absolute Gasteiger partial charge is 0.497 e. The van der Waals surface area contributed by atoms with E-state index in [4.69, 9.17) is 27.9 Å². The van der Waals surface area contributed by atoms with E-state index >= 15 is 0 Å². The average Bonchev–Trinajstić information content (AvgIpc) is 2.98. The molecule has 0 heterocycles. The number of amides is 2. The first-order valence-corrected chi connectivity index (χ1v) is 16.7. The van der Waals surface area contributed by atoms with Crippen LogP contribution in [0.2, 0.25) is 10.0 Å². The van der Waals surface area contributed by atoms with E-state index in [2.05, 4.69) is 5.32 Å². The van der Waals surface area contributed by atoms with Gasteiger partial charge in [-0.25, -0.2) is 8.42 Å². The summed E-state index contributed by atoms with van der Waals surface area (Å²) >= 11 is 12.4. The van der Waals surface area contributed by atoms with E-state index in [0.29, 0.717) is 33.5 Å². The lowest BCUT2D eigenvalue weighted by Crippen LogP contribution is -2.52. The molecular formula is C32H39Cl2N3O5S. The first-order chi connectivity index (χ1) is 20.4. The molecule has 0 saturated carbocycles. The van der Waals surface area contributed by atoms with Crippen LogP contribution in [0.4, 0.5) is 5.69 Å². The Balaban J connectivity index is 1.90. The quantitative estimate of drug-likeness (QED) is 0.215. The zero-order chi connectivity index (χ0) is 31.6. The van der Waals surface area contributed by atoms with Crippen molar-refractivity contribution in [1.29, 1.82) is 0 Å². The summed E-state index contributed by atoms with van der Waals surface area (Å²) in [7, 11) is -2.09. The summed E-state index contributed by atoms with van der Waals surface area (Å²) in [6.07, 6.45) is 2.42. The predicted octanol–water partition coefficient (Wildman–Crippen LogP) is 6.10. The van der Waals surface area contributed by atoms with Crippen LogP contribution in [0.3, 0.4) is 0 Å². The fraction of sp³-hybridized carbons (Fsp3) is 0.375. The Labute approximate surface area is 265 Å². The van der Waals surface area contributed by atoms with Gasteiger partial charge in [0, 0.05) is 32.0 Å². The number of carbonyl (C=O) groups excluding carboxylic acids is 2. The topological polar surface area (TPSA) is 96.0 Å². The summed E-state index contributed by atoms with van der Waals surface area (Å²) in [5, 5.41) is 3.77. The van der Waals surface area contributed by atoms with Crippen molar-refractivity contribution in [3.63, 3.8) is 0 Å². The molecule has 3 aromatic carbocycles. The number of methoxy groups -OCH3 is 1. The number of hydrogen-bond donors (Lipinski definition) is 1. The number of nitrogens with zero attached hydrogens (tertiary/aromatic N) is 2. The summed E-state index contributed by atoms with van der Waals surface area (Å²) in [6, 6.07) is 20.4. The molecule has 8 nitrogen and oxygen atoms in total. The van der Waals surface area contributed by atoms with Gasteiger partial charge >= 0.3 is 0 Å². The second-order valence-corrected chi connectivity index (χ2v) is 13.2. The number of sulfonamides is 1. The second kappa shape index (κ2) is 16.0. The summed E-state index contributed by atoms with van der Waals surface area (Å²) in [5.74, 6) is 0.0579. The fourth-order valence-electron chi connectivity index (χ4n) is 4.58. The van der Waals surface area contributed by atoms with Crippen LogP contribution in [0.15, 0.2) is 72.8 Å². The van der Waals surface area contributed by atoms with Gasteiger partial charge in [-0.3, -0.25) is 13.9 Å². The van der Waals surface area contributed by atoms with Crippen LogP contribution >= 0.6 is 23.2 Å². The zero-order valence-electron chi connectivity index (χ0n) is 24.9. The van der Waals surface area contributed by atoms with Crippen molar-refractivity contribution in [1.82, 2.24) is 10.2 Å². The SMILES string of the molecule is CCC(C)NC(=O)C(Cc1ccccc1)N(Cc1ccc(Cl)c(Cl)c1)C(=O)CCCN(c1ccc(OC)cc1)S(C)(=O)=O. The van der Waals surface area contributed by atoms with Crippen molar-refractivity contribution >= 4 is 50.7 Å². The molecule has 0 aliphatic rings. The molecule has 3 aromatic rings. The molecule has 2 amide bonds. The van der Waals surface area contributed by atoms with Gasteiger partial charge in [-0.05, 0) is 67.3 Å². The van der Waals surface area contributed by atoms with Gasteiger partial charge in [-0.2, -0.15) is 0 Å². The maximum atomic E-state index is 13.9. The van der Waals surface area contributed by atoms with Gasteiger partial charge in [0.1, 0.15) is 11.8 Å². The van der Waals surface area contributed by atoms with Crippen LogP contribution in [0.25, 0.3) is 0 Å². The second-order valence-electron chi connectivity index (χ2n) is 10.4. The summed E-state index contributed by atoms with van der Waals surface area (Å²) in [6.45, 7) is 4.10. The van der Waals surface area contributed by atoms with Gasteiger partial charge in [0.2, 0.25) is 21.8 Å². The summed E-state index contributed by atoms with van der Waals surface area (Å²) in [5.41, 5.74) is 2.09. The number of halogens is 2. The van der Waals surface area contributed by atoms with Gasteiger partial charge in [-0.1, -0.05) is 66.5 Å². The molecule has 43 heavy (non-hydrogen) atoms. The smallest absolute Gasteiger partial charge is 0.243 e.